The molecule has 2 amide bonds. The molecule has 38 heavy (non-hydrogen) atoms. The van der Waals surface area contributed by atoms with E-state index >= 15 is 0 Å². The van der Waals surface area contributed by atoms with Crippen LogP contribution in [0, 0.1) is 0 Å². The van der Waals surface area contributed by atoms with E-state index in [0.29, 0.717) is 29.2 Å². The van der Waals surface area contributed by atoms with Gasteiger partial charge in [-0.1, -0.05) is 56.1 Å². The van der Waals surface area contributed by atoms with E-state index in [1.165, 1.54) is 24.0 Å². The number of urea groups is 1. The summed E-state index contributed by atoms with van der Waals surface area (Å²) in [6, 6.07) is 16.7. The van der Waals surface area contributed by atoms with Crippen LogP contribution in [-0.4, -0.2) is 34.4 Å². The molecule has 0 spiro atoms. The van der Waals surface area contributed by atoms with E-state index in [1.807, 2.05) is 36.4 Å². The summed E-state index contributed by atoms with van der Waals surface area (Å²) in [4.78, 5) is 39.9. The molecule has 0 bridgehead atoms. The molecule has 3 aromatic carbocycles. The Hall–Kier alpha value is -3.43. The minimum atomic E-state index is -1.02. The number of Topliss-reactive ketones (excluding diaryl/α,β-unsaturated/α-hetero) is 1. The summed E-state index contributed by atoms with van der Waals surface area (Å²) in [6.07, 6.45) is 1.74. The Labute approximate surface area is 236 Å². The Morgan fingerprint density at radius 3 is 2.42 bits per heavy atom. The number of rotatable bonds is 6. The molecule has 3 aromatic rings. The number of carboxylic acid groups (broad SMARTS) is 1. The minimum absolute atomic E-state index is 0.147. The Kier molecular flexibility index (Phi) is 7.40. The molecule has 0 aliphatic carbocycles. The molecule has 1 atom stereocenters. The fourth-order valence-corrected chi connectivity index (χ4v) is 5.74. The zero-order chi connectivity index (χ0) is 27.0. The third-order valence-electron chi connectivity index (χ3n) is 6.67. The lowest BCUT2D eigenvalue weighted by Crippen LogP contribution is -2.47. The van der Waals surface area contributed by atoms with Gasteiger partial charge in [-0.25, -0.2) is 9.59 Å². The second kappa shape index (κ2) is 10.7. The van der Waals surface area contributed by atoms with Gasteiger partial charge in [0.05, 0.1) is 30.5 Å². The van der Waals surface area contributed by atoms with Crippen LogP contribution in [0.5, 0.6) is 5.75 Å². The van der Waals surface area contributed by atoms with Crippen molar-refractivity contribution in [2.24, 2.45) is 0 Å². The molecule has 1 unspecified atom stereocenters. The zero-order valence-electron chi connectivity index (χ0n) is 20.5. The van der Waals surface area contributed by atoms with E-state index in [9.17, 15) is 19.5 Å². The number of fused-ring (bicyclic) bond motifs is 1. The van der Waals surface area contributed by atoms with Crippen LogP contribution in [0.15, 0.2) is 75.2 Å². The van der Waals surface area contributed by atoms with Crippen LogP contribution in [0.25, 0.3) is 5.70 Å². The van der Waals surface area contributed by atoms with Crippen molar-refractivity contribution >= 4 is 55.3 Å². The van der Waals surface area contributed by atoms with Crippen LogP contribution < -0.4 is 10.1 Å². The maximum Gasteiger partial charge on any atom is 0.335 e. The number of carboxylic acids is 1. The zero-order valence-corrected chi connectivity index (χ0v) is 23.6. The average molecular weight is 640 g/mol. The Morgan fingerprint density at radius 1 is 1.05 bits per heavy atom. The van der Waals surface area contributed by atoms with Gasteiger partial charge in [-0.3, -0.25) is 9.69 Å². The largest absolute Gasteiger partial charge is 0.493 e. The molecular formula is C29H24Br2N2O5. The number of ether oxygens (including phenoxy) is 1. The number of benzene rings is 3. The van der Waals surface area contributed by atoms with Crippen LogP contribution in [0.4, 0.5) is 4.79 Å². The third kappa shape index (κ3) is 5.13. The number of aryl methyl sites for hydroxylation is 1. The quantitative estimate of drug-likeness (QED) is 0.321. The summed E-state index contributed by atoms with van der Waals surface area (Å²) < 4.78 is 7.78. The van der Waals surface area contributed by atoms with Crippen molar-refractivity contribution in [1.29, 1.82) is 0 Å². The van der Waals surface area contributed by atoms with Gasteiger partial charge in [0.2, 0.25) is 0 Å². The number of halogens is 2. The highest BCUT2D eigenvalue weighted by molar-refractivity contribution is 9.10. The fourth-order valence-electron chi connectivity index (χ4n) is 4.95. The summed E-state index contributed by atoms with van der Waals surface area (Å²) in [7, 11) is 0. The summed E-state index contributed by atoms with van der Waals surface area (Å²) in [5.74, 6) is -0.496. The highest BCUT2D eigenvalue weighted by Crippen LogP contribution is 2.43. The van der Waals surface area contributed by atoms with Crippen molar-refractivity contribution in [3.63, 3.8) is 0 Å². The molecule has 9 heteroatoms. The Morgan fingerprint density at radius 2 is 1.76 bits per heavy atom. The van der Waals surface area contributed by atoms with Gasteiger partial charge in [-0.2, -0.15) is 0 Å². The number of amides is 2. The number of nitrogens with one attached hydrogen (secondary N) is 1. The molecule has 2 N–H and O–H groups in total. The van der Waals surface area contributed by atoms with Crippen LogP contribution in [0.2, 0.25) is 0 Å². The predicted molar refractivity (Wildman–Crippen MR) is 150 cm³/mol. The lowest BCUT2D eigenvalue weighted by Gasteiger charge is -2.38. The summed E-state index contributed by atoms with van der Waals surface area (Å²) in [5, 5.41) is 12.3. The lowest BCUT2D eigenvalue weighted by atomic mass is 9.87. The molecule has 0 aromatic heterocycles. The van der Waals surface area contributed by atoms with E-state index in [2.05, 4.69) is 37.2 Å². The Balaban J connectivity index is 1.69. The third-order valence-corrected chi connectivity index (χ3v) is 7.66. The van der Waals surface area contributed by atoms with E-state index in [1.54, 1.807) is 12.1 Å². The summed E-state index contributed by atoms with van der Waals surface area (Å²) >= 11 is 7.06. The SMILES string of the molecule is CC(=O)C1=C(c2ccc(Br)cc2)N(Cc2ccc(C(=O)O)cc2)C(=O)NC1c1cc(Br)cc2c1OCCC2. The van der Waals surface area contributed by atoms with Gasteiger partial charge in [0.15, 0.2) is 5.78 Å². The van der Waals surface area contributed by atoms with Gasteiger partial charge in [0, 0.05) is 20.1 Å². The first-order chi connectivity index (χ1) is 18.2. The van der Waals surface area contributed by atoms with Crippen molar-refractivity contribution in [2.45, 2.75) is 32.4 Å². The van der Waals surface area contributed by atoms with Crippen molar-refractivity contribution in [1.82, 2.24) is 10.2 Å². The van der Waals surface area contributed by atoms with Gasteiger partial charge < -0.3 is 15.2 Å². The molecular weight excluding hydrogens is 616 g/mol. The van der Waals surface area contributed by atoms with Crippen LogP contribution >= 0.6 is 31.9 Å². The second-order valence-electron chi connectivity index (χ2n) is 9.23. The molecule has 2 heterocycles. The monoisotopic (exact) mass is 638 g/mol. The van der Waals surface area contributed by atoms with Crippen LogP contribution in [0.3, 0.4) is 0 Å². The lowest BCUT2D eigenvalue weighted by molar-refractivity contribution is -0.114. The van der Waals surface area contributed by atoms with Crippen molar-refractivity contribution in [3.05, 3.63) is 103 Å². The van der Waals surface area contributed by atoms with Crippen molar-refractivity contribution < 1.29 is 24.2 Å². The number of nitrogens with zero attached hydrogens (tertiary/aromatic N) is 1. The molecule has 0 radical (unpaired) electrons. The predicted octanol–water partition coefficient (Wildman–Crippen LogP) is 6.50. The number of ketones is 1. The average Bonchev–Trinajstić information content (AvgIpc) is 2.89. The highest BCUT2D eigenvalue weighted by Gasteiger charge is 2.39. The van der Waals surface area contributed by atoms with E-state index in [-0.39, 0.29) is 23.9 Å². The molecule has 5 rings (SSSR count). The van der Waals surface area contributed by atoms with Crippen LogP contribution in [-0.2, 0) is 17.8 Å². The second-order valence-corrected chi connectivity index (χ2v) is 11.1. The number of hydrogen-bond acceptors (Lipinski definition) is 4. The highest BCUT2D eigenvalue weighted by atomic mass is 79.9. The van der Waals surface area contributed by atoms with Gasteiger partial charge in [0.25, 0.3) is 0 Å². The van der Waals surface area contributed by atoms with Gasteiger partial charge in [-0.05, 0) is 72.9 Å². The van der Waals surface area contributed by atoms with Gasteiger partial charge >= 0.3 is 12.0 Å². The Bertz CT molecular complexity index is 1470. The fraction of sp³-hybridized carbons (Fsp3) is 0.207. The molecule has 0 saturated heterocycles. The molecule has 2 aliphatic heterocycles. The standard InChI is InChI=1S/C29H24Br2N2O5/c1-16(34)24-25(23-14-22(31)13-20-3-2-12-38-27(20)23)32-29(37)33(26(24)18-8-10-21(30)11-9-18)15-17-4-6-19(7-5-17)28(35)36/h4-11,13-14,25H,2-3,12,15H2,1H3,(H,32,37)(H,35,36). The van der Waals surface area contributed by atoms with E-state index in [4.69, 9.17) is 4.74 Å². The van der Waals surface area contributed by atoms with E-state index < -0.39 is 12.0 Å². The number of carbonyl (C=O) groups excluding carboxylic acids is 2. The van der Waals surface area contributed by atoms with Gasteiger partial charge in [-0.15, -0.1) is 0 Å². The normalized spacial score (nSPS) is 17.0. The smallest absolute Gasteiger partial charge is 0.335 e. The number of aromatic carboxylic acids is 1. The van der Waals surface area contributed by atoms with E-state index in [0.717, 1.165) is 38.5 Å². The first kappa shape index (κ1) is 26.2. The van der Waals surface area contributed by atoms with Crippen molar-refractivity contribution in [3.8, 4) is 5.75 Å². The summed E-state index contributed by atoms with van der Waals surface area (Å²) in [6.45, 7) is 2.22. The molecule has 2 aliphatic rings. The maximum atomic E-state index is 13.7. The topological polar surface area (TPSA) is 95.9 Å². The first-order valence-corrected chi connectivity index (χ1v) is 13.7. The maximum absolute atomic E-state index is 13.7. The van der Waals surface area contributed by atoms with Gasteiger partial charge in [0.1, 0.15) is 5.75 Å². The molecule has 194 valence electrons. The minimum Gasteiger partial charge on any atom is -0.493 e. The molecule has 0 fully saturated rings. The molecule has 7 nitrogen and oxygen atoms in total. The molecule has 0 saturated carbocycles. The number of hydrogen-bond donors (Lipinski definition) is 2. The summed E-state index contributed by atoms with van der Waals surface area (Å²) in [5.41, 5.74) is 4.31. The van der Waals surface area contributed by atoms with Crippen molar-refractivity contribution in [2.75, 3.05) is 6.61 Å². The number of carbonyl (C=O) groups is 3. The van der Waals surface area contributed by atoms with Crippen LogP contribution in [0.1, 0.15) is 52.0 Å². The first-order valence-electron chi connectivity index (χ1n) is 12.1.